The highest BCUT2D eigenvalue weighted by Gasteiger charge is 2.30. The Labute approximate surface area is 101 Å². The molecule has 0 radical (unpaired) electrons. The maximum absolute atomic E-state index is 5.82. The van der Waals surface area contributed by atoms with Gasteiger partial charge < -0.3 is 11.1 Å². The molecule has 0 saturated heterocycles. The second kappa shape index (κ2) is 4.34. The number of benzene rings is 1. The number of anilines is 1. The molecular weight excluding hydrogens is 210 g/mol. The molecule has 1 unspecified atom stereocenters. The van der Waals surface area contributed by atoms with Crippen molar-refractivity contribution in [2.24, 2.45) is 11.7 Å². The highest BCUT2D eigenvalue weighted by Crippen LogP contribution is 2.34. The minimum atomic E-state index is 0.369. The van der Waals surface area contributed by atoms with Crippen LogP contribution in [-0.2, 0) is 0 Å². The molecule has 3 nitrogen and oxygen atoms in total. The van der Waals surface area contributed by atoms with Gasteiger partial charge in [0.1, 0.15) is 5.82 Å². The lowest BCUT2D eigenvalue weighted by atomic mass is 10.1. The zero-order valence-corrected chi connectivity index (χ0v) is 9.76. The molecule has 1 aromatic heterocycles. The fraction of sp³-hybridized carbons (Fsp3) is 0.357. The van der Waals surface area contributed by atoms with Crippen LogP contribution in [0.5, 0.6) is 0 Å². The Hall–Kier alpha value is -1.61. The Morgan fingerprint density at radius 2 is 2.12 bits per heavy atom. The van der Waals surface area contributed by atoms with Crippen LogP contribution < -0.4 is 11.1 Å². The summed E-state index contributed by atoms with van der Waals surface area (Å²) in [5.41, 5.74) is 5.82. The number of nitrogens with two attached hydrogens (primary N) is 1. The van der Waals surface area contributed by atoms with Crippen LogP contribution in [0.3, 0.4) is 0 Å². The van der Waals surface area contributed by atoms with Gasteiger partial charge >= 0.3 is 0 Å². The van der Waals surface area contributed by atoms with E-state index < -0.39 is 0 Å². The molecule has 2 aromatic rings. The van der Waals surface area contributed by atoms with Gasteiger partial charge in [0.25, 0.3) is 0 Å². The van der Waals surface area contributed by atoms with E-state index in [0.29, 0.717) is 12.6 Å². The van der Waals surface area contributed by atoms with E-state index in [9.17, 15) is 0 Å². The maximum Gasteiger partial charge on any atom is 0.134 e. The van der Waals surface area contributed by atoms with Gasteiger partial charge in [0.05, 0.1) is 0 Å². The van der Waals surface area contributed by atoms with E-state index in [1.165, 1.54) is 23.6 Å². The molecule has 17 heavy (non-hydrogen) atoms. The first kappa shape index (κ1) is 10.5. The van der Waals surface area contributed by atoms with Crippen molar-refractivity contribution in [2.75, 3.05) is 11.9 Å². The summed E-state index contributed by atoms with van der Waals surface area (Å²) in [5, 5.41) is 5.89. The summed E-state index contributed by atoms with van der Waals surface area (Å²) < 4.78 is 0. The maximum atomic E-state index is 5.82. The molecule has 0 aliphatic heterocycles. The van der Waals surface area contributed by atoms with E-state index in [-0.39, 0.29) is 0 Å². The van der Waals surface area contributed by atoms with Gasteiger partial charge in [0, 0.05) is 24.2 Å². The standard InChI is InChI=1S/C14H17N3/c15-9-13(11-5-6-11)17-14-12-4-2-1-3-10(12)7-8-16-14/h1-4,7-8,11,13H,5-6,9,15H2,(H,16,17). The van der Waals surface area contributed by atoms with Crippen LogP contribution in [0.15, 0.2) is 36.5 Å². The van der Waals surface area contributed by atoms with Gasteiger partial charge in [-0.05, 0) is 30.2 Å². The highest BCUT2D eigenvalue weighted by atomic mass is 15.0. The van der Waals surface area contributed by atoms with E-state index in [0.717, 1.165) is 11.7 Å². The smallest absolute Gasteiger partial charge is 0.134 e. The molecule has 88 valence electrons. The first-order chi connectivity index (χ1) is 8.38. The molecule has 1 heterocycles. The molecule has 1 saturated carbocycles. The number of pyridine rings is 1. The predicted octanol–water partition coefficient (Wildman–Crippen LogP) is 2.38. The molecule has 0 spiro atoms. The van der Waals surface area contributed by atoms with Crippen molar-refractivity contribution in [1.29, 1.82) is 0 Å². The molecular formula is C14H17N3. The fourth-order valence-electron chi connectivity index (χ4n) is 2.28. The highest BCUT2D eigenvalue weighted by molar-refractivity contribution is 5.91. The summed E-state index contributed by atoms with van der Waals surface area (Å²) in [4.78, 5) is 4.44. The molecule has 0 bridgehead atoms. The third kappa shape index (κ3) is 2.11. The summed E-state index contributed by atoms with van der Waals surface area (Å²) in [6.45, 7) is 0.676. The Balaban J connectivity index is 1.93. The topological polar surface area (TPSA) is 50.9 Å². The predicted molar refractivity (Wildman–Crippen MR) is 70.9 cm³/mol. The van der Waals surface area contributed by atoms with Gasteiger partial charge in [-0.15, -0.1) is 0 Å². The van der Waals surface area contributed by atoms with Crippen LogP contribution >= 0.6 is 0 Å². The number of hydrogen-bond acceptors (Lipinski definition) is 3. The van der Waals surface area contributed by atoms with Crippen LogP contribution in [0.2, 0.25) is 0 Å². The van der Waals surface area contributed by atoms with Crippen LogP contribution in [0, 0.1) is 5.92 Å². The summed E-state index contributed by atoms with van der Waals surface area (Å²) in [6.07, 6.45) is 4.43. The van der Waals surface area contributed by atoms with Crippen LogP contribution in [0.25, 0.3) is 10.8 Å². The Kier molecular flexibility index (Phi) is 2.69. The normalized spacial score (nSPS) is 17.0. The number of fused-ring (bicyclic) bond motifs is 1. The van der Waals surface area contributed by atoms with Crippen LogP contribution in [-0.4, -0.2) is 17.6 Å². The number of nitrogens with zero attached hydrogens (tertiary/aromatic N) is 1. The minimum Gasteiger partial charge on any atom is -0.365 e. The molecule has 1 fully saturated rings. The lowest BCUT2D eigenvalue weighted by Gasteiger charge is -2.17. The van der Waals surface area contributed by atoms with E-state index >= 15 is 0 Å². The molecule has 0 amide bonds. The number of nitrogens with one attached hydrogen (secondary N) is 1. The first-order valence-corrected chi connectivity index (χ1v) is 6.19. The third-order valence-corrected chi connectivity index (χ3v) is 3.44. The molecule has 1 aliphatic carbocycles. The Morgan fingerprint density at radius 1 is 1.29 bits per heavy atom. The van der Waals surface area contributed by atoms with Gasteiger partial charge in [-0.3, -0.25) is 0 Å². The third-order valence-electron chi connectivity index (χ3n) is 3.44. The summed E-state index contributed by atoms with van der Waals surface area (Å²) in [6, 6.07) is 10.7. The number of aromatic nitrogens is 1. The van der Waals surface area contributed by atoms with Crippen molar-refractivity contribution in [3.63, 3.8) is 0 Å². The van der Waals surface area contributed by atoms with Crippen LogP contribution in [0.1, 0.15) is 12.8 Å². The van der Waals surface area contributed by atoms with Crippen molar-refractivity contribution < 1.29 is 0 Å². The van der Waals surface area contributed by atoms with Gasteiger partial charge in [-0.25, -0.2) is 4.98 Å². The minimum absolute atomic E-state index is 0.369. The van der Waals surface area contributed by atoms with E-state index in [1.54, 1.807) is 0 Å². The second-order valence-corrected chi connectivity index (χ2v) is 4.70. The second-order valence-electron chi connectivity index (χ2n) is 4.70. The monoisotopic (exact) mass is 227 g/mol. The molecule has 1 aliphatic rings. The zero-order valence-electron chi connectivity index (χ0n) is 9.76. The van der Waals surface area contributed by atoms with E-state index in [4.69, 9.17) is 5.73 Å². The van der Waals surface area contributed by atoms with Crippen molar-refractivity contribution in [3.8, 4) is 0 Å². The fourth-order valence-corrected chi connectivity index (χ4v) is 2.28. The van der Waals surface area contributed by atoms with Crippen molar-refractivity contribution in [3.05, 3.63) is 36.5 Å². The average molecular weight is 227 g/mol. The summed E-state index contributed by atoms with van der Waals surface area (Å²) >= 11 is 0. The summed E-state index contributed by atoms with van der Waals surface area (Å²) in [5.74, 6) is 1.70. The number of hydrogen-bond donors (Lipinski definition) is 2. The Bertz CT molecular complexity index is 514. The van der Waals surface area contributed by atoms with Crippen molar-refractivity contribution >= 4 is 16.6 Å². The first-order valence-electron chi connectivity index (χ1n) is 6.19. The molecule has 3 rings (SSSR count). The summed E-state index contributed by atoms with van der Waals surface area (Å²) in [7, 11) is 0. The molecule has 3 N–H and O–H groups in total. The molecule has 1 aromatic carbocycles. The Morgan fingerprint density at radius 3 is 2.88 bits per heavy atom. The largest absolute Gasteiger partial charge is 0.365 e. The molecule has 3 heteroatoms. The quantitative estimate of drug-likeness (QED) is 0.843. The zero-order chi connectivity index (χ0) is 11.7. The van der Waals surface area contributed by atoms with Crippen LogP contribution in [0.4, 0.5) is 5.82 Å². The SMILES string of the molecule is NCC(Nc1nccc2ccccc12)C1CC1. The van der Waals surface area contributed by atoms with Gasteiger partial charge in [-0.2, -0.15) is 0 Å². The van der Waals surface area contributed by atoms with Crippen molar-refractivity contribution in [1.82, 2.24) is 4.98 Å². The van der Waals surface area contributed by atoms with E-state index in [2.05, 4.69) is 22.4 Å². The van der Waals surface area contributed by atoms with Crippen molar-refractivity contribution in [2.45, 2.75) is 18.9 Å². The van der Waals surface area contributed by atoms with Gasteiger partial charge in [0.15, 0.2) is 0 Å². The lowest BCUT2D eigenvalue weighted by Crippen LogP contribution is -2.31. The van der Waals surface area contributed by atoms with Gasteiger partial charge in [-0.1, -0.05) is 24.3 Å². The van der Waals surface area contributed by atoms with E-state index in [1.807, 2.05) is 24.4 Å². The average Bonchev–Trinajstić information content (AvgIpc) is 3.20. The van der Waals surface area contributed by atoms with Gasteiger partial charge in [0.2, 0.25) is 0 Å². The number of rotatable bonds is 4. The lowest BCUT2D eigenvalue weighted by molar-refractivity contribution is 0.643. The molecule has 1 atom stereocenters.